The number of nitrogens with zero attached hydrogens (tertiary/aromatic N) is 1. The van der Waals surface area contributed by atoms with E-state index < -0.39 is 15.4 Å². The highest BCUT2D eigenvalue weighted by molar-refractivity contribution is 7.92. The summed E-state index contributed by atoms with van der Waals surface area (Å²) in [6, 6.07) is 7.76. The highest BCUT2D eigenvalue weighted by Gasteiger charge is 2.38. The smallest absolute Gasteiger partial charge is 0.263 e. The van der Waals surface area contributed by atoms with Crippen LogP contribution in [0, 0.1) is 18.3 Å². The van der Waals surface area contributed by atoms with Gasteiger partial charge in [0, 0.05) is 11.6 Å². The molecule has 32 heavy (non-hydrogen) atoms. The van der Waals surface area contributed by atoms with Crippen LogP contribution in [0.2, 0.25) is 10.0 Å². The van der Waals surface area contributed by atoms with E-state index in [0.717, 1.165) is 6.42 Å². The average Bonchev–Trinajstić information content (AvgIpc) is 2.77. The summed E-state index contributed by atoms with van der Waals surface area (Å²) < 4.78 is 34.5. The second-order valence-electron chi connectivity index (χ2n) is 9.13. The van der Waals surface area contributed by atoms with Gasteiger partial charge in [-0.2, -0.15) is 0 Å². The van der Waals surface area contributed by atoms with Gasteiger partial charge in [-0.15, -0.1) is 0 Å². The fourth-order valence-electron chi connectivity index (χ4n) is 3.36. The zero-order chi connectivity index (χ0) is 23.8. The molecule has 1 amide bonds. The van der Waals surface area contributed by atoms with Crippen LogP contribution >= 0.6 is 23.2 Å². The Hall–Kier alpha value is -1.96. The van der Waals surface area contributed by atoms with E-state index in [-0.39, 0.29) is 22.4 Å². The van der Waals surface area contributed by atoms with Crippen molar-refractivity contribution >= 4 is 50.5 Å². The van der Waals surface area contributed by atoms with Gasteiger partial charge in [-0.05, 0) is 69.0 Å². The molecule has 0 atom stereocenters. The van der Waals surface area contributed by atoms with Gasteiger partial charge in [-0.25, -0.2) is 8.42 Å². The summed E-state index contributed by atoms with van der Waals surface area (Å²) in [5.41, 5.74) is 0.738. The largest absolute Gasteiger partial charge is 0.490 e. The van der Waals surface area contributed by atoms with E-state index in [1.807, 2.05) is 13.8 Å². The van der Waals surface area contributed by atoms with E-state index >= 15 is 0 Å². The predicted octanol–water partition coefficient (Wildman–Crippen LogP) is 5.90. The number of carbonyl (C=O) groups is 1. The Balaban J connectivity index is 2.00. The maximum Gasteiger partial charge on any atom is 0.263 e. The predicted molar refractivity (Wildman–Crippen MR) is 130 cm³/mol. The van der Waals surface area contributed by atoms with Crippen molar-refractivity contribution in [1.82, 2.24) is 0 Å². The first-order chi connectivity index (χ1) is 14.8. The zero-order valence-corrected chi connectivity index (χ0v) is 21.2. The van der Waals surface area contributed by atoms with Crippen molar-refractivity contribution in [2.24, 2.45) is 11.3 Å². The van der Waals surface area contributed by atoms with Gasteiger partial charge < -0.3 is 9.64 Å². The third kappa shape index (κ3) is 5.16. The maximum absolute atomic E-state index is 13.3. The monoisotopic (exact) mass is 498 g/mol. The molecule has 174 valence electrons. The topological polar surface area (TPSA) is 75.7 Å². The first-order valence-electron chi connectivity index (χ1n) is 10.4. The number of benzene rings is 2. The lowest BCUT2D eigenvalue weighted by Crippen LogP contribution is -2.42. The molecule has 1 aliphatic rings. The Labute approximate surface area is 199 Å². The molecule has 3 rings (SSSR count). The van der Waals surface area contributed by atoms with Gasteiger partial charge in [0.1, 0.15) is 17.3 Å². The van der Waals surface area contributed by atoms with E-state index in [1.54, 1.807) is 30.0 Å². The van der Waals surface area contributed by atoms with E-state index in [0.29, 0.717) is 40.2 Å². The van der Waals surface area contributed by atoms with Crippen LogP contribution in [0.3, 0.4) is 0 Å². The summed E-state index contributed by atoms with van der Waals surface area (Å²) in [5.74, 6) is 0.875. The quantitative estimate of drug-likeness (QED) is 0.537. The van der Waals surface area contributed by atoms with Crippen molar-refractivity contribution in [3.8, 4) is 5.75 Å². The fraction of sp³-hybridized carbons (Fsp3) is 0.435. The Morgan fingerprint density at radius 2 is 1.84 bits per heavy atom. The van der Waals surface area contributed by atoms with E-state index in [1.165, 1.54) is 12.1 Å². The van der Waals surface area contributed by atoms with Gasteiger partial charge in [-0.1, -0.05) is 37.0 Å². The first-order valence-corrected chi connectivity index (χ1v) is 12.6. The molecule has 6 nitrogen and oxygen atoms in total. The molecule has 0 saturated carbocycles. The molecule has 2 aromatic rings. The summed E-state index contributed by atoms with van der Waals surface area (Å²) in [7, 11) is -3.98. The molecule has 0 radical (unpaired) electrons. The normalized spacial score (nSPS) is 15.9. The SMILES string of the molecule is Cc1cc(S(=O)(=O)Nc2ccc3c(c2)N(CCC(C)C)C(=O)C(C)(C)CO3)c(Cl)cc1Cl. The molecule has 1 heterocycles. The second-order valence-corrected chi connectivity index (χ2v) is 11.6. The van der Waals surface area contributed by atoms with Crippen molar-refractivity contribution in [3.05, 3.63) is 45.9 Å². The van der Waals surface area contributed by atoms with E-state index in [4.69, 9.17) is 27.9 Å². The van der Waals surface area contributed by atoms with E-state index in [2.05, 4.69) is 18.6 Å². The van der Waals surface area contributed by atoms with Crippen LogP contribution in [0.1, 0.15) is 39.7 Å². The minimum Gasteiger partial charge on any atom is -0.490 e. The van der Waals surface area contributed by atoms with Gasteiger partial charge >= 0.3 is 0 Å². The summed E-state index contributed by atoms with van der Waals surface area (Å²) in [4.78, 5) is 14.9. The van der Waals surface area contributed by atoms with Gasteiger partial charge in [-0.3, -0.25) is 9.52 Å². The Morgan fingerprint density at radius 3 is 2.50 bits per heavy atom. The number of anilines is 2. The van der Waals surface area contributed by atoms with Crippen LogP contribution in [0.15, 0.2) is 35.2 Å². The van der Waals surface area contributed by atoms with Gasteiger partial charge in [0.25, 0.3) is 10.0 Å². The highest BCUT2D eigenvalue weighted by atomic mass is 35.5. The van der Waals surface area contributed by atoms with Crippen LogP contribution in [-0.4, -0.2) is 27.5 Å². The van der Waals surface area contributed by atoms with Crippen molar-refractivity contribution in [3.63, 3.8) is 0 Å². The number of nitrogens with one attached hydrogen (secondary N) is 1. The van der Waals surface area contributed by atoms with Crippen molar-refractivity contribution in [2.45, 2.75) is 45.9 Å². The summed E-state index contributed by atoms with van der Waals surface area (Å²) in [6.07, 6.45) is 0.802. The number of aryl methyl sites for hydroxylation is 1. The minimum absolute atomic E-state index is 0.0293. The number of halogens is 2. The lowest BCUT2D eigenvalue weighted by molar-refractivity contribution is -0.127. The summed E-state index contributed by atoms with van der Waals surface area (Å²) in [5, 5.41) is 0.416. The Kier molecular flexibility index (Phi) is 7.03. The summed E-state index contributed by atoms with van der Waals surface area (Å²) in [6.45, 7) is 10.3. The molecule has 0 aromatic heterocycles. The number of sulfonamides is 1. The zero-order valence-electron chi connectivity index (χ0n) is 18.8. The number of carbonyl (C=O) groups excluding carboxylic acids is 1. The van der Waals surface area contributed by atoms with E-state index in [9.17, 15) is 13.2 Å². The van der Waals surface area contributed by atoms with Gasteiger partial charge in [0.05, 0.1) is 21.8 Å². The van der Waals surface area contributed by atoms with Crippen LogP contribution in [-0.2, 0) is 14.8 Å². The molecule has 0 spiro atoms. The van der Waals surface area contributed by atoms with Crippen LogP contribution in [0.25, 0.3) is 0 Å². The highest BCUT2D eigenvalue weighted by Crippen LogP contribution is 2.39. The third-order valence-corrected chi connectivity index (χ3v) is 7.60. The molecule has 0 unspecified atom stereocenters. The number of hydrogen-bond donors (Lipinski definition) is 1. The molecule has 0 bridgehead atoms. The number of hydrogen-bond acceptors (Lipinski definition) is 4. The Bertz CT molecular complexity index is 1150. The molecule has 0 aliphatic carbocycles. The number of fused-ring (bicyclic) bond motifs is 1. The van der Waals surface area contributed by atoms with Crippen LogP contribution < -0.4 is 14.4 Å². The fourth-order valence-corrected chi connectivity index (χ4v) is 5.25. The molecule has 0 fully saturated rings. The molecule has 1 aliphatic heterocycles. The average molecular weight is 499 g/mol. The van der Waals surface area contributed by atoms with Crippen LogP contribution in [0.4, 0.5) is 11.4 Å². The van der Waals surface area contributed by atoms with Crippen molar-refractivity contribution < 1.29 is 17.9 Å². The molecular weight excluding hydrogens is 471 g/mol. The number of ether oxygens (including phenoxy) is 1. The van der Waals surface area contributed by atoms with Gasteiger partial charge in [0.2, 0.25) is 5.91 Å². The van der Waals surface area contributed by atoms with Crippen molar-refractivity contribution in [2.75, 3.05) is 22.8 Å². The Morgan fingerprint density at radius 1 is 1.16 bits per heavy atom. The molecule has 9 heteroatoms. The number of amides is 1. The van der Waals surface area contributed by atoms with Crippen LogP contribution in [0.5, 0.6) is 5.75 Å². The van der Waals surface area contributed by atoms with Gasteiger partial charge in [0.15, 0.2) is 0 Å². The minimum atomic E-state index is -3.98. The molecule has 2 aromatic carbocycles. The molecule has 0 saturated heterocycles. The third-order valence-electron chi connectivity index (χ3n) is 5.35. The second kappa shape index (κ2) is 9.12. The standard InChI is InChI=1S/C23H28Cl2N2O4S/c1-14(2)8-9-27-19-11-16(6-7-20(19)31-13-23(4,5)22(27)28)26-32(29,30)21-10-15(3)17(24)12-18(21)25/h6-7,10-12,14,26H,8-9,13H2,1-5H3. The number of rotatable bonds is 6. The lowest BCUT2D eigenvalue weighted by Gasteiger charge is -2.28. The maximum atomic E-state index is 13.3. The first kappa shape index (κ1) is 24.7. The van der Waals surface area contributed by atoms with Crippen molar-refractivity contribution in [1.29, 1.82) is 0 Å². The summed E-state index contributed by atoms with van der Waals surface area (Å²) >= 11 is 12.2. The molecule has 1 N–H and O–H groups in total. The lowest BCUT2D eigenvalue weighted by atomic mass is 9.92. The molecular formula is C23H28Cl2N2O4S.